The van der Waals surface area contributed by atoms with Crippen LogP contribution in [0.15, 0.2) is 88.9 Å². The first kappa shape index (κ1) is 24.0. The molecule has 3 aromatic carbocycles. The number of thiazole rings is 1. The SMILES string of the molecule is NC1=C(n2c(-c3ccc(Cl)cc3)csc2=NC(=O)c2ccc([N+](=O)[O-])cc2)C(=O)c2ccccc2C1=O. The van der Waals surface area contributed by atoms with Crippen LogP contribution in [0.1, 0.15) is 31.1 Å². The van der Waals surface area contributed by atoms with Gasteiger partial charge in [-0.1, -0.05) is 48.0 Å². The second kappa shape index (κ2) is 9.41. The third-order valence-electron chi connectivity index (χ3n) is 5.73. The smallest absolute Gasteiger partial charge is 0.279 e. The maximum absolute atomic E-state index is 13.6. The lowest BCUT2D eigenvalue weighted by molar-refractivity contribution is -0.384. The molecule has 2 N–H and O–H groups in total. The van der Waals surface area contributed by atoms with E-state index in [1.807, 2.05) is 0 Å². The summed E-state index contributed by atoms with van der Waals surface area (Å²) < 4.78 is 1.39. The fraction of sp³-hybridized carbons (Fsp3) is 0. The Morgan fingerprint density at radius 3 is 2.19 bits per heavy atom. The molecule has 1 heterocycles. The maximum Gasteiger partial charge on any atom is 0.279 e. The van der Waals surface area contributed by atoms with Gasteiger partial charge in [0.2, 0.25) is 11.6 Å². The summed E-state index contributed by atoms with van der Waals surface area (Å²) in [5.41, 5.74) is 7.26. The lowest BCUT2D eigenvalue weighted by atomic mass is 9.90. The summed E-state index contributed by atoms with van der Waals surface area (Å²) in [6, 6.07) is 18.1. The number of hydrogen-bond acceptors (Lipinski definition) is 7. The lowest BCUT2D eigenvalue weighted by Crippen LogP contribution is -2.32. The number of amides is 1. The van der Waals surface area contributed by atoms with Gasteiger partial charge in [0.05, 0.1) is 10.6 Å². The summed E-state index contributed by atoms with van der Waals surface area (Å²) in [5, 5.41) is 13.1. The Hall–Kier alpha value is -4.67. The van der Waals surface area contributed by atoms with Gasteiger partial charge >= 0.3 is 0 Å². The van der Waals surface area contributed by atoms with Crippen molar-refractivity contribution >= 4 is 51.8 Å². The molecule has 0 atom stereocenters. The number of nitrogens with two attached hydrogens (primary N) is 1. The van der Waals surface area contributed by atoms with Crippen molar-refractivity contribution in [3.05, 3.63) is 121 Å². The summed E-state index contributed by atoms with van der Waals surface area (Å²) in [4.78, 5) is 54.3. The van der Waals surface area contributed by atoms with Gasteiger partial charge < -0.3 is 5.73 Å². The molecule has 1 aliphatic carbocycles. The average molecular weight is 531 g/mol. The first-order valence-corrected chi connectivity index (χ1v) is 12.0. The van der Waals surface area contributed by atoms with Gasteiger partial charge in [0.25, 0.3) is 11.6 Å². The predicted octanol–water partition coefficient (Wildman–Crippen LogP) is 4.73. The van der Waals surface area contributed by atoms with Crippen LogP contribution in [0.3, 0.4) is 0 Å². The summed E-state index contributed by atoms with van der Waals surface area (Å²) in [5.74, 6) is -1.70. The fourth-order valence-corrected chi connectivity index (χ4v) is 4.92. The van der Waals surface area contributed by atoms with Crippen molar-refractivity contribution < 1.29 is 19.3 Å². The maximum atomic E-state index is 13.6. The Kier molecular flexibility index (Phi) is 6.12. The van der Waals surface area contributed by atoms with Gasteiger partial charge in [-0.3, -0.25) is 29.1 Å². The Labute approximate surface area is 217 Å². The molecule has 9 nitrogen and oxygen atoms in total. The zero-order valence-electron chi connectivity index (χ0n) is 18.8. The van der Waals surface area contributed by atoms with Crippen LogP contribution in [0.5, 0.6) is 0 Å². The van der Waals surface area contributed by atoms with E-state index in [9.17, 15) is 24.5 Å². The zero-order valence-corrected chi connectivity index (χ0v) is 20.3. The molecule has 0 aliphatic heterocycles. The molecule has 1 aliphatic rings. The van der Waals surface area contributed by atoms with Crippen molar-refractivity contribution in [2.24, 2.45) is 10.7 Å². The van der Waals surface area contributed by atoms with Crippen LogP contribution >= 0.6 is 22.9 Å². The lowest BCUT2D eigenvalue weighted by Gasteiger charge is -2.20. The number of fused-ring (bicyclic) bond motifs is 1. The summed E-state index contributed by atoms with van der Waals surface area (Å²) in [7, 11) is 0. The second-order valence-corrected chi connectivity index (χ2v) is 9.21. The molecule has 182 valence electrons. The van der Waals surface area contributed by atoms with E-state index in [1.165, 1.54) is 41.0 Å². The first-order valence-electron chi connectivity index (χ1n) is 10.7. The monoisotopic (exact) mass is 530 g/mol. The molecule has 37 heavy (non-hydrogen) atoms. The van der Waals surface area contributed by atoms with Gasteiger partial charge in [0.15, 0.2) is 4.80 Å². The summed E-state index contributed by atoms with van der Waals surface area (Å²) in [6.07, 6.45) is 0. The fourth-order valence-electron chi connectivity index (χ4n) is 3.91. The molecule has 0 saturated carbocycles. The van der Waals surface area contributed by atoms with Crippen molar-refractivity contribution in [2.75, 3.05) is 0 Å². The van der Waals surface area contributed by atoms with E-state index < -0.39 is 22.4 Å². The van der Waals surface area contributed by atoms with Crippen LogP contribution in [0, 0.1) is 10.1 Å². The van der Waals surface area contributed by atoms with Gasteiger partial charge in [-0.15, -0.1) is 11.3 Å². The summed E-state index contributed by atoms with van der Waals surface area (Å²) >= 11 is 7.11. The number of benzene rings is 3. The number of aromatic nitrogens is 1. The van der Waals surface area contributed by atoms with Crippen LogP contribution in [-0.4, -0.2) is 27.0 Å². The van der Waals surface area contributed by atoms with E-state index in [0.717, 1.165) is 11.3 Å². The first-order chi connectivity index (χ1) is 17.8. The molecule has 0 saturated heterocycles. The number of nitrogens with zero attached hydrogens (tertiary/aromatic N) is 3. The van der Waals surface area contributed by atoms with E-state index in [1.54, 1.807) is 41.8 Å². The number of nitro benzene ring substituents is 1. The minimum absolute atomic E-state index is 0.0896. The van der Waals surface area contributed by atoms with Gasteiger partial charge in [0.1, 0.15) is 11.4 Å². The van der Waals surface area contributed by atoms with Crippen molar-refractivity contribution in [1.82, 2.24) is 4.57 Å². The molecule has 1 aromatic heterocycles. The molecule has 0 bridgehead atoms. The standard InChI is InChI=1S/C26H15ClN4O5S/c27-16-9-5-14(6-10-16)20-13-37-26(29-25(34)15-7-11-17(12-8-15)31(35)36)30(20)22-21(28)23(32)18-3-1-2-4-19(18)24(22)33/h1-13H,28H2. The third kappa shape index (κ3) is 4.28. The molecule has 0 unspecified atom stereocenters. The number of Topliss-reactive ketones (excluding diaryl/α,β-unsaturated/α-hetero) is 2. The van der Waals surface area contributed by atoms with E-state index in [-0.39, 0.29) is 38.6 Å². The highest BCUT2D eigenvalue weighted by Gasteiger charge is 2.33. The normalized spacial score (nSPS) is 13.6. The van der Waals surface area contributed by atoms with Crippen LogP contribution in [-0.2, 0) is 0 Å². The molecular formula is C26H15ClN4O5S. The number of hydrogen-bond donors (Lipinski definition) is 1. The van der Waals surface area contributed by atoms with E-state index in [4.69, 9.17) is 17.3 Å². The highest BCUT2D eigenvalue weighted by atomic mass is 35.5. The molecule has 0 fully saturated rings. The van der Waals surface area contributed by atoms with Crippen LogP contribution in [0.25, 0.3) is 17.0 Å². The quantitative estimate of drug-likeness (QED) is 0.299. The van der Waals surface area contributed by atoms with Crippen LogP contribution < -0.4 is 10.5 Å². The minimum atomic E-state index is -0.692. The van der Waals surface area contributed by atoms with E-state index in [2.05, 4.69) is 4.99 Å². The van der Waals surface area contributed by atoms with Gasteiger partial charge in [-0.25, -0.2) is 0 Å². The number of carbonyl (C=O) groups excluding carboxylic acids is 3. The number of ketones is 2. The average Bonchev–Trinajstić information content (AvgIpc) is 3.30. The predicted molar refractivity (Wildman–Crippen MR) is 138 cm³/mol. The molecule has 1 amide bonds. The van der Waals surface area contributed by atoms with Gasteiger partial charge in [-0.05, 0) is 29.8 Å². The van der Waals surface area contributed by atoms with E-state index in [0.29, 0.717) is 16.3 Å². The third-order valence-corrected chi connectivity index (χ3v) is 6.80. The number of allylic oxidation sites excluding steroid dienone is 2. The van der Waals surface area contributed by atoms with Gasteiger partial charge in [0, 0.05) is 39.2 Å². The molecule has 4 aromatic rings. The molecular weight excluding hydrogens is 516 g/mol. The van der Waals surface area contributed by atoms with Crippen molar-refractivity contribution in [3.8, 4) is 11.3 Å². The van der Waals surface area contributed by atoms with Crippen molar-refractivity contribution in [2.45, 2.75) is 0 Å². The number of non-ortho nitro benzene ring substituents is 1. The molecule has 5 rings (SSSR count). The Morgan fingerprint density at radius 1 is 0.946 bits per heavy atom. The van der Waals surface area contributed by atoms with E-state index >= 15 is 0 Å². The Morgan fingerprint density at radius 2 is 1.57 bits per heavy atom. The van der Waals surface area contributed by atoms with Gasteiger partial charge in [-0.2, -0.15) is 4.99 Å². The number of nitro groups is 1. The van der Waals surface area contributed by atoms with Crippen molar-refractivity contribution in [1.29, 1.82) is 0 Å². The zero-order chi connectivity index (χ0) is 26.3. The highest BCUT2D eigenvalue weighted by Crippen LogP contribution is 2.31. The topological polar surface area (TPSA) is 138 Å². The van der Waals surface area contributed by atoms with Crippen molar-refractivity contribution in [3.63, 3.8) is 0 Å². The second-order valence-electron chi connectivity index (χ2n) is 7.93. The highest BCUT2D eigenvalue weighted by molar-refractivity contribution is 7.07. The Balaban J connectivity index is 1.72. The minimum Gasteiger partial charge on any atom is -0.394 e. The number of halogens is 1. The van der Waals surface area contributed by atoms with Crippen LogP contribution in [0.4, 0.5) is 5.69 Å². The Bertz CT molecular complexity index is 1720. The van der Waals surface area contributed by atoms with Crippen LogP contribution in [0.2, 0.25) is 5.02 Å². The largest absolute Gasteiger partial charge is 0.394 e. The number of carbonyl (C=O) groups is 3. The summed E-state index contributed by atoms with van der Waals surface area (Å²) in [6.45, 7) is 0. The number of rotatable bonds is 4. The molecule has 0 radical (unpaired) electrons. The molecule has 0 spiro atoms. The molecule has 11 heteroatoms.